The summed E-state index contributed by atoms with van der Waals surface area (Å²) in [5, 5.41) is 2.98. The predicted molar refractivity (Wildman–Crippen MR) is 72.3 cm³/mol. The number of ether oxygens (including phenoxy) is 1. The van der Waals surface area contributed by atoms with Gasteiger partial charge in [0.05, 0.1) is 12.7 Å². The Bertz CT molecular complexity index is 276. The largest absolute Gasteiger partial charge is 0.376 e. The van der Waals surface area contributed by atoms with E-state index in [2.05, 4.69) is 17.1 Å². The summed E-state index contributed by atoms with van der Waals surface area (Å²) in [4.78, 5) is 14.2. The smallest absolute Gasteiger partial charge is 0.222 e. The minimum atomic E-state index is -0.186. The highest BCUT2D eigenvalue weighted by Gasteiger charge is 2.26. The Hall–Kier alpha value is -0.650. The van der Waals surface area contributed by atoms with Gasteiger partial charge in [0, 0.05) is 37.6 Å². The maximum absolute atomic E-state index is 11.9. The molecule has 0 saturated carbocycles. The maximum Gasteiger partial charge on any atom is 0.222 e. The van der Waals surface area contributed by atoms with Crippen LogP contribution in [0, 0.1) is 0 Å². The molecule has 3 N–H and O–H groups in total. The number of hydrogen-bond acceptors (Lipinski definition) is 4. The first-order valence-electron chi connectivity index (χ1n) is 6.68. The van der Waals surface area contributed by atoms with E-state index in [-0.39, 0.29) is 23.6 Å². The summed E-state index contributed by atoms with van der Waals surface area (Å²) in [6.45, 7) is 10.9. The van der Waals surface area contributed by atoms with E-state index in [1.807, 2.05) is 20.8 Å². The molecule has 2 unspecified atom stereocenters. The SMILES string of the molecule is CC1CN(C(CN)CC(=O)NC(C)(C)C)CCO1. The molecule has 1 rings (SSSR count). The summed E-state index contributed by atoms with van der Waals surface area (Å²) >= 11 is 0. The van der Waals surface area contributed by atoms with Crippen LogP contribution in [-0.4, -0.2) is 54.7 Å². The molecule has 0 aromatic heterocycles. The number of rotatable bonds is 4. The lowest BCUT2D eigenvalue weighted by molar-refractivity contribution is -0.124. The van der Waals surface area contributed by atoms with Gasteiger partial charge in [-0.05, 0) is 27.7 Å². The zero-order valence-electron chi connectivity index (χ0n) is 12.0. The Balaban J connectivity index is 2.48. The third-order valence-corrected chi connectivity index (χ3v) is 3.00. The predicted octanol–water partition coefficient (Wildman–Crippen LogP) is 0.339. The van der Waals surface area contributed by atoms with Crippen LogP contribution in [-0.2, 0) is 9.53 Å². The minimum absolute atomic E-state index is 0.0668. The van der Waals surface area contributed by atoms with Gasteiger partial charge in [0.2, 0.25) is 5.91 Å². The van der Waals surface area contributed by atoms with Gasteiger partial charge in [-0.2, -0.15) is 0 Å². The van der Waals surface area contributed by atoms with E-state index >= 15 is 0 Å². The second-order valence-corrected chi connectivity index (χ2v) is 6.07. The van der Waals surface area contributed by atoms with Crippen LogP contribution >= 0.6 is 0 Å². The van der Waals surface area contributed by atoms with E-state index in [1.165, 1.54) is 0 Å². The molecule has 1 aliphatic heterocycles. The molecule has 1 amide bonds. The first-order chi connectivity index (χ1) is 8.31. The summed E-state index contributed by atoms with van der Waals surface area (Å²) in [6.07, 6.45) is 0.680. The Kier molecular flexibility index (Phi) is 5.56. The van der Waals surface area contributed by atoms with Crippen molar-refractivity contribution in [2.24, 2.45) is 5.73 Å². The van der Waals surface area contributed by atoms with E-state index in [9.17, 15) is 4.79 Å². The molecule has 0 bridgehead atoms. The monoisotopic (exact) mass is 257 g/mol. The highest BCUT2D eigenvalue weighted by Crippen LogP contribution is 2.11. The van der Waals surface area contributed by atoms with Gasteiger partial charge in [-0.25, -0.2) is 0 Å². The number of morpholine rings is 1. The van der Waals surface area contributed by atoms with Crippen LogP contribution in [0.2, 0.25) is 0 Å². The molecule has 1 heterocycles. The maximum atomic E-state index is 11.9. The van der Waals surface area contributed by atoms with Gasteiger partial charge in [0.1, 0.15) is 0 Å². The Morgan fingerprint density at radius 1 is 1.56 bits per heavy atom. The number of carbonyl (C=O) groups excluding carboxylic acids is 1. The number of amides is 1. The van der Waals surface area contributed by atoms with E-state index in [1.54, 1.807) is 0 Å². The lowest BCUT2D eigenvalue weighted by Gasteiger charge is -2.36. The van der Waals surface area contributed by atoms with Crippen molar-refractivity contribution in [3.05, 3.63) is 0 Å². The molecule has 0 aliphatic carbocycles. The molecule has 1 saturated heterocycles. The normalized spacial score (nSPS) is 23.7. The molecule has 0 aromatic rings. The minimum Gasteiger partial charge on any atom is -0.376 e. The highest BCUT2D eigenvalue weighted by molar-refractivity contribution is 5.77. The van der Waals surface area contributed by atoms with Crippen LogP contribution in [0.25, 0.3) is 0 Å². The summed E-state index contributed by atoms with van der Waals surface area (Å²) in [7, 11) is 0. The van der Waals surface area contributed by atoms with Gasteiger partial charge in [-0.15, -0.1) is 0 Å². The Labute approximate surface area is 110 Å². The molecule has 106 valence electrons. The van der Waals surface area contributed by atoms with Crippen LogP contribution in [0.5, 0.6) is 0 Å². The average molecular weight is 257 g/mol. The molecule has 1 aliphatic rings. The van der Waals surface area contributed by atoms with Gasteiger partial charge in [-0.3, -0.25) is 9.69 Å². The van der Waals surface area contributed by atoms with Crippen molar-refractivity contribution < 1.29 is 9.53 Å². The van der Waals surface area contributed by atoms with Crippen molar-refractivity contribution in [2.75, 3.05) is 26.2 Å². The van der Waals surface area contributed by atoms with Crippen molar-refractivity contribution in [1.82, 2.24) is 10.2 Å². The zero-order chi connectivity index (χ0) is 13.8. The molecule has 1 fully saturated rings. The van der Waals surface area contributed by atoms with Crippen LogP contribution in [0.1, 0.15) is 34.1 Å². The van der Waals surface area contributed by atoms with E-state index in [4.69, 9.17) is 10.5 Å². The van der Waals surface area contributed by atoms with E-state index in [0.717, 1.165) is 19.7 Å². The number of hydrogen-bond donors (Lipinski definition) is 2. The molecule has 2 atom stereocenters. The van der Waals surface area contributed by atoms with Gasteiger partial charge in [0.25, 0.3) is 0 Å². The third-order valence-electron chi connectivity index (χ3n) is 3.00. The lowest BCUT2D eigenvalue weighted by Crippen LogP contribution is -2.52. The van der Waals surface area contributed by atoms with Crippen molar-refractivity contribution in [3.8, 4) is 0 Å². The Morgan fingerprint density at radius 2 is 2.22 bits per heavy atom. The fraction of sp³-hybridized carbons (Fsp3) is 0.923. The summed E-state index contributed by atoms with van der Waals surface area (Å²) in [5.74, 6) is 0.0668. The Morgan fingerprint density at radius 3 is 2.72 bits per heavy atom. The molecular formula is C13H27N3O2. The van der Waals surface area contributed by atoms with E-state index < -0.39 is 0 Å². The number of nitrogens with two attached hydrogens (primary N) is 1. The van der Waals surface area contributed by atoms with Crippen LogP contribution < -0.4 is 11.1 Å². The summed E-state index contributed by atoms with van der Waals surface area (Å²) in [6, 6.07) is 0.110. The lowest BCUT2D eigenvalue weighted by atomic mass is 10.1. The highest BCUT2D eigenvalue weighted by atomic mass is 16.5. The molecular weight excluding hydrogens is 230 g/mol. The van der Waals surface area contributed by atoms with Crippen molar-refractivity contribution in [3.63, 3.8) is 0 Å². The van der Waals surface area contributed by atoms with Crippen LogP contribution in [0.3, 0.4) is 0 Å². The number of nitrogens with one attached hydrogen (secondary N) is 1. The third kappa shape index (κ3) is 5.33. The zero-order valence-corrected chi connectivity index (χ0v) is 12.0. The summed E-state index contributed by atoms with van der Waals surface area (Å²) < 4.78 is 5.51. The van der Waals surface area contributed by atoms with Crippen LogP contribution in [0.4, 0.5) is 0 Å². The fourth-order valence-corrected chi connectivity index (χ4v) is 2.22. The first-order valence-corrected chi connectivity index (χ1v) is 6.68. The van der Waals surface area contributed by atoms with Gasteiger partial charge in [0.15, 0.2) is 0 Å². The standard InChI is InChI=1S/C13H27N3O2/c1-10-9-16(5-6-18-10)11(8-14)7-12(17)15-13(2,3)4/h10-11H,5-9,14H2,1-4H3,(H,15,17). The molecule has 0 aromatic carbocycles. The fourth-order valence-electron chi connectivity index (χ4n) is 2.22. The number of carbonyl (C=O) groups is 1. The van der Waals surface area contributed by atoms with Gasteiger partial charge < -0.3 is 15.8 Å². The average Bonchev–Trinajstić information content (AvgIpc) is 2.23. The molecule has 5 heteroatoms. The van der Waals surface area contributed by atoms with Crippen LogP contribution in [0.15, 0.2) is 0 Å². The second kappa shape index (κ2) is 6.50. The molecule has 18 heavy (non-hydrogen) atoms. The van der Waals surface area contributed by atoms with Gasteiger partial charge >= 0.3 is 0 Å². The quantitative estimate of drug-likeness (QED) is 0.762. The van der Waals surface area contributed by atoms with Crippen molar-refractivity contribution in [2.45, 2.75) is 51.8 Å². The second-order valence-electron chi connectivity index (χ2n) is 6.07. The topological polar surface area (TPSA) is 67.6 Å². The number of nitrogens with zero attached hydrogens (tertiary/aromatic N) is 1. The molecule has 0 radical (unpaired) electrons. The van der Waals surface area contributed by atoms with E-state index in [0.29, 0.717) is 13.0 Å². The first kappa shape index (κ1) is 15.4. The molecule has 5 nitrogen and oxygen atoms in total. The van der Waals surface area contributed by atoms with Crippen molar-refractivity contribution >= 4 is 5.91 Å². The van der Waals surface area contributed by atoms with Gasteiger partial charge in [-0.1, -0.05) is 0 Å². The summed E-state index contributed by atoms with van der Waals surface area (Å²) in [5.41, 5.74) is 5.61. The molecule has 0 spiro atoms. The van der Waals surface area contributed by atoms with Crippen molar-refractivity contribution in [1.29, 1.82) is 0 Å².